The van der Waals surface area contributed by atoms with Crippen LogP contribution in [0.4, 0.5) is 0 Å². The lowest BCUT2D eigenvalue weighted by Gasteiger charge is -2.37. The summed E-state index contributed by atoms with van der Waals surface area (Å²) in [6.45, 7) is 32.9. The Balaban J connectivity index is 1.19. The van der Waals surface area contributed by atoms with E-state index in [0.29, 0.717) is 0 Å². The number of nitrogens with zero attached hydrogens (tertiary/aromatic N) is 2. The number of benzene rings is 8. The Kier molecular flexibility index (Phi) is 7.45. The summed E-state index contributed by atoms with van der Waals surface area (Å²) < 4.78 is 5.13. The third-order valence-electron chi connectivity index (χ3n) is 14.6. The minimum absolute atomic E-state index is 0.0115. The smallest absolute Gasteiger partial charge is 0.0582 e. The quantitative estimate of drug-likeness (QED) is 0.146. The van der Waals surface area contributed by atoms with E-state index in [4.69, 9.17) is 0 Å². The minimum Gasteiger partial charge on any atom is -0.309 e. The largest absolute Gasteiger partial charge is 0.309 e. The van der Waals surface area contributed by atoms with Crippen molar-refractivity contribution in [2.24, 2.45) is 0 Å². The van der Waals surface area contributed by atoms with Crippen molar-refractivity contribution in [3.63, 3.8) is 0 Å². The third kappa shape index (κ3) is 5.33. The first kappa shape index (κ1) is 38.3. The van der Waals surface area contributed by atoms with Crippen LogP contribution >= 0.6 is 0 Å². The molecule has 8 aromatic carbocycles. The number of hydrogen-bond donors (Lipinski definition) is 0. The van der Waals surface area contributed by atoms with Gasteiger partial charge in [0.2, 0.25) is 0 Å². The summed E-state index contributed by atoms with van der Waals surface area (Å²) >= 11 is 0. The van der Waals surface area contributed by atoms with Gasteiger partial charge in [-0.2, -0.15) is 0 Å². The average Bonchev–Trinajstić information content (AvgIpc) is 3.69. The van der Waals surface area contributed by atoms with Crippen LogP contribution in [0.5, 0.6) is 0 Å². The van der Waals surface area contributed by atoms with E-state index in [-0.39, 0.29) is 27.1 Å². The maximum atomic E-state index is 2.62. The Labute approximate surface area is 361 Å². The Bertz CT molecular complexity index is 3420. The van der Waals surface area contributed by atoms with Gasteiger partial charge in [0.25, 0.3) is 0 Å². The molecule has 0 amide bonds. The Morgan fingerprint density at radius 3 is 1.30 bits per heavy atom. The SMILES string of the molecule is CC(C)(C)c1ccc2c(c1)c1cc(C(C)(C)C)ccc1n2-c1cc2ccc3cc4c(c5ccc(c1)c2c35)C(C)(C)c1cc(C(C)(C)C)cc2c3cc(C(C)(C)C)ccc3n-4c12. The second-order valence-corrected chi connectivity index (χ2v) is 23.2. The molecular weight excluding hydrogens is 737 g/mol. The van der Waals surface area contributed by atoms with Gasteiger partial charge in [-0.05, 0) is 148 Å². The molecule has 0 N–H and O–H groups in total. The fourth-order valence-electron chi connectivity index (χ4n) is 11.0. The lowest BCUT2D eigenvalue weighted by atomic mass is 9.70. The highest BCUT2D eigenvalue weighted by Gasteiger charge is 2.39. The monoisotopic (exact) mass is 796 g/mol. The van der Waals surface area contributed by atoms with E-state index in [0.717, 1.165) is 0 Å². The highest BCUT2D eigenvalue weighted by Crippen LogP contribution is 2.53. The molecule has 0 unspecified atom stereocenters. The summed E-state index contributed by atoms with van der Waals surface area (Å²) in [5.74, 6) is 0. The minimum atomic E-state index is -0.236. The topological polar surface area (TPSA) is 9.86 Å². The van der Waals surface area contributed by atoms with E-state index < -0.39 is 0 Å². The van der Waals surface area contributed by atoms with Gasteiger partial charge in [0.05, 0.1) is 27.8 Å². The predicted octanol–water partition coefficient (Wildman–Crippen LogP) is 16.6. The second-order valence-electron chi connectivity index (χ2n) is 23.2. The van der Waals surface area contributed by atoms with E-state index in [1.165, 1.54) is 121 Å². The molecule has 61 heavy (non-hydrogen) atoms. The van der Waals surface area contributed by atoms with Crippen LogP contribution in [0, 0.1) is 0 Å². The van der Waals surface area contributed by atoms with Crippen LogP contribution in [0.1, 0.15) is 130 Å². The summed E-state index contributed by atoms with van der Waals surface area (Å²) in [6.07, 6.45) is 0. The predicted molar refractivity (Wildman–Crippen MR) is 266 cm³/mol. The maximum Gasteiger partial charge on any atom is 0.0582 e. The molecule has 1 aliphatic rings. The fraction of sp³-hybridized carbons (Fsp3) is 0.322. The lowest BCUT2D eigenvalue weighted by Crippen LogP contribution is -2.28. The molecule has 0 saturated heterocycles. The van der Waals surface area contributed by atoms with Crippen molar-refractivity contribution >= 4 is 75.9 Å². The van der Waals surface area contributed by atoms with Crippen LogP contribution in [0.15, 0.2) is 109 Å². The first-order chi connectivity index (χ1) is 28.5. The zero-order chi connectivity index (χ0) is 43.1. The van der Waals surface area contributed by atoms with Crippen LogP contribution in [-0.4, -0.2) is 9.13 Å². The molecule has 306 valence electrons. The Morgan fingerprint density at radius 2 is 0.803 bits per heavy atom. The van der Waals surface area contributed by atoms with Crippen LogP contribution in [-0.2, 0) is 27.1 Å². The Hall–Kier alpha value is -5.60. The van der Waals surface area contributed by atoms with Crippen molar-refractivity contribution in [3.8, 4) is 11.4 Å². The normalized spacial score (nSPS) is 14.9. The molecule has 0 aliphatic carbocycles. The van der Waals surface area contributed by atoms with E-state index in [1.807, 2.05) is 0 Å². The molecule has 0 radical (unpaired) electrons. The zero-order valence-electron chi connectivity index (χ0n) is 38.8. The molecule has 11 rings (SSSR count). The third-order valence-corrected chi connectivity index (χ3v) is 14.6. The molecule has 2 heteroatoms. The summed E-state index contributed by atoms with van der Waals surface area (Å²) in [5.41, 5.74) is 16.0. The molecule has 2 aromatic heterocycles. The molecule has 0 spiro atoms. The molecule has 3 heterocycles. The maximum absolute atomic E-state index is 2.62. The molecule has 0 bridgehead atoms. The number of fused-ring (bicyclic) bond motifs is 9. The van der Waals surface area contributed by atoms with Gasteiger partial charge in [0.1, 0.15) is 0 Å². The lowest BCUT2D eigenvalue weighted by molar-refractivity contribution is 0.582. The van der Waals surface area contributed by atoms with E-state index in [1.54, 1.807) is 0 Å². The van der Waals surface area contributed by atoms with E-state index in [9.17, 15) is 0 Å². The summed E-state index contributed by atoms with van der Waals surface area (Å²) in [7, 11) is 0. The fourth-order valence-corrected chi connectivity index (χ4v) is 11.0. The van der Waals surface area contributed by atoms with Gasteiger partial charge in [0, 0.05) is 32.6 Å². The highest BCUT2D eigenvalue weighted by atomic mass is 15.0. The van der Waals surface area contributed by atoms with Crippen molar-refractivity contribution in [1.82, 2.24) is 9.13 Å². The first-order valence-electron chi connectivity index (χ1n) is 22.5. The average molecular weight is 797 g/mol. The molecule has 2 nitrogen and oxygen atoms in total. The van der Waals surface area contributed by atoms with Crippen molar-refractivity contribution in [1.29, 1.82) is 0 Å². The number of hydrogen-bond acceptors (Lipinski definition) is 0. The zero-order valence-corrected chi connectivity index (χ0v) is 38.8. The van der Waals surface area contributed by atoms with Crippen molar-refractivity contribution in [2.45, 2.75) is 124 Å². The van der Waals surface area contributed by atoms with Crippen molar-refractivity contribution in [3.05, 3.63) is 143 Å². The van der Waals surface area contributed by atoms with Gasteiger partial charge in [-0.1, -0.05) is 145 Å². The van der Waals surface area contributed by atoms with Crippen LogP contribution < -0.4 is 0 Å². The van der Waals surface area contributed by atoms with Crippen LogP contribution in [0.2, 0.25) is 0 Å². The first-order valence-corrected chi connectivity index (χ1v) is 22.5. The molecule has 10 aromatic rings. The second kappa shape index (κ2) is 11.9. The molecule has 1 aliphatic heterocycles. The molecule has 0 fully saturated rings. The van der Waals surface area contributed by atoms with Crippen LogP contribution in [0.3, 0.4) is 0 Å². The summed E-state index contributed by atoms with van der Waals surface area (Å²) in [5, 5.41) is 13.3. The van der Waals surface area contributed by atoms with E-state index in [2.05, 4.69) is 215 Å². The van der Waals surface area contributed by atoms with Crippen molar-refractivity contribution in [2.75, 3.05) is 0 Å². The van der Waals surface area contributed by atoms with Gasteiger partial charge < -0.3 is 9.13 Å². The van der Waals surface area contributed by atoms with Gasteiger partial charge >= 0.3 is 0 Å². The van der Waals surface area contributed by atoms with Gasteiger partial charge in [-0.15, -0.1) is 0 Å². The van der Waals surface area contributed by atoms with Gasteiger partial charge in [-0.3, -0.25) is 0 Å². The Morgan fingerprint density at radius 1 is 0.377 bits per heavy atom. The molecule has 0 atom stereocenters. The molecule has 0 saturated carbocycles. The van der Waals surface area contributed by atoms with Gasteiger partial charge in [-0.25, -0.2) is 0 Å². The molecular formula is C59H60N2. The van der Waals surface area contributed by atoms with Crippen molar-refractivity contribution < 1.29 is 0 Å². The number of rotatable bonds is 1. The highest BCUT2D eigenvalue weighted by molar-refractivity contribution is 6.26. The number of aromatic nitrogens is 2. The summed E-state index contributed by atoms with van der Waals surface area (Å²) in [4.78, 5) is 0. The van der Waals surface area contributed by atoms with Gasteiger partial charge in [0.15, 0.2) is 0 Å². The van der Waals surface area contributed by atoms with E-state index >= 15 is 0 Å². The standard InChI is InChI=1S/C59H60N2/c1-55(2,3)36-18-22-47-42(28-36)43-29-37(56(4,5)6)19-23-48(43)60(47)40-25-33-15-16-35-27-50-53(41-21-17-34(26-40)51(33)52(35)41)59(13,14)46-32-39(58(10,11)12)31-45-44-30-38(57(7,8)9)20-24-49(44)61(50)54(45)46/h15-32H,1-14H3. The summed E-state index contributed by atoms with van der Waals surface area (Å²) in [6, 6.07) is 43.6. The van der Waals surface area contributed by atoms with Crippen LogP contribution in [0.25, 0.3) is 87.3 Å².